The lowest BCUT2D eigenvalue weighted by Gasteiger charge is -2.37. The predicted molar refractivity (Wildman–Crippen MR) is 86.8 cm³/mol. The molecule has 2 heterocycles. The molecule has 1 aromatic carbocycles. The summed E-state index contributed by atoms with van der Waals surface area (Å²) in [5, 5.41) is 14.2. The van der Waals surface area contributed by atoms with Gasteiger partial charge in [0, 0.05) is 18.9 Å². The Morgan fingerprint density at radius 3 is 2.91 bits per heavy atom. The Labute approximate surface area is 134 Å². The van der Waals surface area contributed by atoms with Crippen molar-refractivity contribution in [3.63, 3.8) is 0 Å². The van der Waals surface area contributed by atoms with Crippen molar-refractivity contribution < 1.29 is 14.7 Å². The number of nitrogens with zero attached hydrogens (tertiary/aromatic N) is 2. The van der Waals surface area contributed by atoms with Gasteiger partial charge in [-0.2, -0.15) is 0 Å². The van der Waals surface area contributed by atoms with E-state index in [9.17, 15) is 14.7 Å². The molecule has 23 heavy (non-hydrogen) atoms. The number of aliphatic hydroxyl groups is 1. The van der Waals surface area contributed by atoms with E-state index in [2.05, 4.69) is 10.3 Å². The largest absolute Gasteiger partial charge is 0.378 e. The van der Waals surface area contributed by atoms with Gasteiger partial charge in [-0.15, -0.1) is 0 Å². The lowest BCUT2D eigenvalue weighted by Crippen LogP contribution is -2.56. The van der Waals surface area contributed by atoms with Crippen molar-refractivity contribution in [3.8, 4) is 0 Å². The van der Waals surface area contributed by atoms with Crippen molar-refractivity contribution >= 4 is 28.4 Å². The molecule has 2 N–H and O–H groups in total. The van der Waals surface area contributed by atoms with Crippen LogP contribution in [-0.4, -0.2) is 45.5 Å². The van der Waals surface area contributed by atoms with Crippen molar-refractivity contribution in [2.24, 2.45) is 0 Å². The molecule has 0 saturated carbocycles. The summed E-state index contributed by atoms with van der Waals surface area (Å²) in [7, 11) is 0. The van der Waals surface area contributed by atoms with Gasteiger partial charge in [0.15, 0.2) is 5.60 Å². The third-order valence-corrected chi connectivity index (χ3v) is 4.19. The standard InChI is InChI=1S/C17H19N3O3/c1-12(21)20-8-4-7-17(23,11-20)16(22)19-14-9-13-5-2-3-6-15(13)18-10-14/h2-3,5-6,9-10,23H,4,7-8,11H2,1H3,(H,19,22). The summed E-state index contributed by atoms with van der Waals surface area (Å²) in [6.07, 6.45) is 2.50. The molecule has 0 radical (unpaired) electrons. The minimum atomic E-state index is -1.56. The fraction of sp³-hybridized carbons (Fsp3) is 0.353. The normalized spacial score (nSPS) is 21.2. The van der Waals surface area contributed by atoms with Crippen LogP contribution in [0.25, 0.3) is 10.9 Å². The minimum Gasteiger partial charge on any atom is -0.378 e. The fourth-order valence-electron chi connectivity index (χ4n) is 2.88. The van der Waals surface area contributed by atoms with E-state index in [1.54, 1.807) is 6.20 Å². The summed E-state index contributed by atoms with van der Waals surface area (Å²) in [5.41, 5.74) is -0.193. The SMILES string of the molecule is CC(=O)N1CCCC(O)(C(=O)Nc2cnc3ccccc3c2)C1. The molecular formula is C17H19N3O3. The summed E-state index contributed by atoms with van der Waals surface area (Å²) >= 11 is 0. The van der Waals surface area contributed by atoms with Gasteiger partial charge in [-0.3, -0.25) is 14.6 Å². The summed E-state index contributed by atoms with van der Waals surface area (Å²) in [5.74, 6) is -0.635. The lowest BCUT2D eigenvalue weighted by molar-refractivity contribution is -0.146. The van der Waals surface area contributed by atoms with E-state index < -0.39 is 11.5 Å². The van der Waals surface area contributed by atoms with Gasteiger partial charge in [0.2, 0.25) is 5.91 Å². The molecule has 1 fully saturated rings. The van der Waals surface area contributed by atoms with Crippen LogP contribution >= 0.6 is 0 Å². The van der Waals surface area contributed by atoms with Gasteiger partial charge in [-0.25, -0.2) is 0 Å². The number of hydrogen-bond donors (Lipinski definition) is 2. The number of benzene rings is 1. The number of fused-ring (bicyclic) bond motifs is 1. The van der Waals surface area contributed by atoms with E-state index in [4.69, 9.17) is 0 Å². The average Bonchev–Trinajstić information content (AvgIpc) is 2.54. The van der Waals surface area contributed by atoms with Gasteiger partial charge >= 0.3 is 0 Å². The molecule has 1 saturated heterocycles. The van der Waals surface area contributed by atoms with Crippen LogP contribution in [0, 0.1) is 0 Å². The Bertz CT molecular complexity index is 762. The summed E-state index contributed by atoms with van der Waals surface area (Å²) < 4.78 is 0. The Kier molecular flexibility index (Phi) is 4.00. The molecule has 2 aromatic rings. The molecular weight excluding hydrogens is 294 g/mol. The molecule has 1 aliphatic heterocycles. The maximum Gasteiger partial charge on any atom is 0.258 e. The van der Waals surface area contributed by atoms with Crippen molar-refractivity contribution in [2.75, 3.05) is 18.4 Å². The number of rotatable bonds is 2. The first kappa shape index (κ1) is 15.4. The molecule has 1 atom stereocenters. The van der Waals surface area contributed by atoms with Crippen molar-refractivity contribution in [1.82, 2.24) is 9.88 Å². The highest BCUT2D eigenvalue weighted by molar-refractivity contribution is 5.99. The van der Waals surface area contributed by atoms with Crippen LogP contribution < -0.4 is 5.32 Å². The van der Waals surface area contributed by atoms with E-state index in [1.807, 2.05) is 30.3 Å². The molecule has 1 unspecified atom stereocenters. The number of pyridine rings is 1. The Balaban J connectivity index is 1.78. The molecule has 6 heteroatoms. The molecule has 0 bridgehead atoms. The third kappa shape index (κ3) is 3.17. The number of amides is 2. The molecule has 120 valence electrons. The van der Waals surface area contributed by atoms with Crippen LogP contribution in [0.2, 0.25) is 0 Å². The van der Waals surface area contributed by atoms with Crippen LogP contribution in [0.3, 0.4) is 0 Å². The van der Waals surface area contributed by atoms with E-state index >= 15 is 0 Å². The monoisotopic (exact) mass is 313 g/mol. The van der Waals surface area contributed by atoms with Gasteiger partial charge in [0.05, 0.1) is 23.9 Å². The van der Waals surface area contributed by atoms with Gasteiger partial charge in [-0.1, -0.05) is 18.2 Å². The zero-order valence-electron chi connectivity index (χ0n) is 13.0. The minimum absolute atomic E-state index is 0.0230. The van der Waals surface area contributed by atoms with Crippen LogP contribution in [0.15, 0.2) is 36.5 Å². The first-order chi connectivity index (χ1) is 11.0. The van der Waals surface area contributed by atoms with Gasteiger partial charge in [-0.05, 0) is 25.0 Å². The number of β-amino-alcohol motifs (C(OH)–C–C–N with tert-alkyl or cyclic N) is 1. The van der Waals surface area contributed by atoms with Crippen molar-refractivity contribution in [1.29, 1.82) is 0 Å². The van der Waals surface area contributed by atoms with Gasteiger partial charge in [0.25, 0.3) is 5.91 Å². The summed E-state index contributed by atoms with van der Waals surface area (Å²) in [4.78, 5) is 29.7. The number of para-hydroxylation sites is 1. The smallest absolute Gasteiger partial charge is 0.258 e. The molecule has 3 rings (SSSR count). The highest BCUT2D eigenvalue weighted by Gasteiger charge is 2.41. The maximum atomic E-state index is 12.5. The first-order valence-electron chi connectivity index (χ1n) is 7.62. The Morgan fingerprint density at radius 1 is 1.35 bits per heavy atom. The number of likely N-dealkylation sites (tertiary alicyclic amines) is 1. The van der Waals surface area contributed by atoms with Gasteiger partial charge in [0.1, 0.15) is 0 Å². The quantitative estimate of drug-likeness (QED) is 0.881. The topological polar surface area (TPSA) is 82.5 Å². The summed E-state index contributed by atoms with van der Waals surface area (Å²) in [6, 6.07) is 9.41. The van der Waals surface area contributed by atoms with E-state index in [-0.39, 0.29) is 12.5 Å². The second-order valence-electron chi connectivity index (χ2n) is 5.95. The fourth-order valence-corrected chi connectivity index (χ4v) is 2.88. The lowest BCUT2D eigenvalue weighted by atomic mass is 9.91. The number of carbonyl (C=O) groups is 2. The zero-order chi connectivity index (χ0) is 16.4. The Hall–Kier alpha value is -2.47. The Morgan fingerprint density at radius 2 is 2.13 bits per heavy atom. The maximum absolute atomic E-state index is 12.5. The van der Waals surface area contributed by atoms with E-state index in [1.165, 1.54) is 11.8 Å². The first-order valence-corrected chi connectivity index (χ1v) is 7.62. The van der Waals surface area contributed by atoms with Crippen LogP contribution in [0.1, 0.15) is 19.8 Å². The molecule has 2 amide bonds. The van der Waals surface area contributed by atoms with Gasteiger partial charge < -0.3 is 15.3 Å². The number of carbonyl (C=O) groups excluding carboxylic acids is 2. The second-order valence-corrected chi connectivity index (χ2v) is 5.95. The van der Waals surface area contributed by atoms with E-state index in [0.717, 1.165) is 10.9 Å². The second kappa shape index (κ2) is 5.96. The number of anilines is 1. The number of piperidine rings is 1. The van der Waals surface area contributed by atoms with E-state index in [0.29, 0.717) is 25.1 Å². The highest BCUT2D eigenvalue weighted by Crippen LogP contribution is 2.24. The summed E-state index contributed by atoms with van der Waals surface area (Å²) in [6.45, 7) is 2.04. The van der Waals surface area contributed by atoms with Crippen LogP contribution in [0.5, 0.6) is 0 Å². The van der Waals surface area contributed by atoms with Crippen LogP contribution in [-0.2, 0) is 9.59 Å². The molecule has 1 aromatic heterocycles. The molecule has 0 spiro atoms. The number of nitrogens with one attached hydrogen (secondary N) is 1. The highest BCUT2D eigenvalue weighted by atomic mass is 16.3. The third-order valence-electron chi connectivity index (χ3n) is 4.19. The van der Waals surface area contributed by atoms with Crippen molar-refractivity contribution in [2.45, 2.75) is 25.4 Å². The number of aromatic nitrogens is 1. The predicted octanol–water partition coefficient (Wildman–Crippen LogP) is 1.55. The van der Waals surface area contributed by atoms with Crippen LogP contribution in [0.4, 0.5) is 5.69 Å². The molecule has 6 nitrogen and oxygen atoms in total. The van der Waals surface area contributed by atoms with Crippen molar-refractivity contribution in [3.05, 3.63) is 36.5 Å². The molecule has 0 aliphatic carbocycles. The zero-order valence-corrected chi connectivity index (χ0v) is 13.0. The number of hydrogen-bond acceptors (Lipinski definition) is 4. The molecule has 1 aliphatic rings. The average molecular weight is 313 g/mol.